The third-order valence-electron chi connectivity index (χ3n) is 3.36. The van der Waals surface area contributed by atoms with Gasteiger partial charge in [-0.15, -0.1) is 0 Å². The fourth-order valence-corrected chi connectivity index (χ4v) is 2.86. The lowest BCUT2D eigenvalue weighted by molar-refractivity contribution is 0.706. The van der Waals surface area contributed by atoms with Crippen molar-refractivity contribution >= 4 is 33.2 Å². The maximum atomic E-state index is 6.18. The summed E-state index contributed by atoms with van der Waals surface area (Å²) < 4.78 is 1.06. The van der Waals surface area contributed by atoms with Crippen molar-refractivity contribution < 1.29 is 0 Å². The summed E-state index contributed by atoms with van der Waals surface area (Å²) in [5, 5.41) is 4.31. The summed E-state index contributed by atoms with van der Waals surface area (Å²) >= 11 is 9.77. The van der Waals surface area contributed by atoms with Crippen LogP contribution >= 0.6 is 27.5 Å². The summed E-state index contributed by atoms with van der Waals surface area (Å²) in [5.41, 5.74) is 3.52. The molecule has 1 unspecified atom stereocenters. The topological polar surface area (TPSA) is 12.0 Å². The van der Waals surface area contributed by atoms with Crippen LogP contribution in [-0.4, -0.2) is 6.04 Å². The molecule has 0 spiro atoms. The molecule has 0 saturated heterocycles. The van der Waals surface area contributed by atoms with E-state index in [-0.39, 0.29) is 0 Å². The molecule has 1 N–H and O–H groups in total. The first-order valence-corrected chi connectivity index (χ1v) is 7.99. The van der Waals surface area contributed by atoms with Gasteiger partial charge < -0.3 is 5.32 Å². The van der Waals surface area contributed by atoms with Crippen LogP contribution in [0.2, 0.25) is 5.02 Å². The highest BCUT2D eigenvalue weighted by atomic mass is 79.9. The number of hydrogen-bond donors (Lipinski definition) is 1. The number of halogens is 2. The fraction of sp³-hybridized carbons (Fsp3) is 0.294. The smallest absolute Gasteiger partial charge is 0.0501 e. The van der Waals surface area contributed by atoms with Gasteiger partial charge in [0, 0.05) is 15.5 Å². The van der Waals surface area contributed by atoms with Crippen molar-refractivity contribution in [2.75, 3.05) is 5.32 Å². The highest BCUT2D eigenvalue weighted by molar-refractivity contribution is 9.10. The Bertz CT molecular complexity index is 569. The van der Waals surface area contributed by atoms with E-state index in [2.05, 4.69) is 64.6 Å². The predicted molar refractivity (Wildman–Crippen MR) is 91.7 cm³/mol. The molecular weight excluding hydrogens is 334 g/mol. The molecule has 0 saturated carbocycles. The Hall–Kier alpha value is -0.990. The van der Waals surface area contributed by atoms with E-state index in [1.54, 1.807) is 0 Å². The van der Waals surface area contributed by atoms with Gasteiger partial charge in [-0.3, -0.25) is 0 Å². The molecule has 0 aliphatic heterocycles. The van der Waals surface area contributed by atoms with Crippen LogP contribution in [0.4, 0.5) is 5.69 Å². The fourth-order valence-electron chi connectivity index (χ4n) is 2.12. The minimum absolute atomic E-state index is 0.394. The van der Waals surface area contributed by atoms with E-state index in [9.17, 15) is 0 Å². The van der Waals surface area contributed by atoms with Crippen molar-refractivity contribution in [2.45, 2.75) is 32.7 Å². The van der Waals surface area contributed by atoms with Gasteiger partial charge in [0.2, 0.25) is 0 Å². The summed E-state index contributed by atoms with van der Waals surface area (Å²) in [6, 6.07) is 15.0. The third kappa shape index (κ3) is 4.26. The van der Waals surface area contributed by atoms with E-state index in [1.807, 2.05) is 13.0 Å². The summed E-state index contributed by atoms with van der Waals surface area (Å²) in [5.74, 6) is 0. The van der Waals surface area contributed by atoms with Crippen LogP contribution in [0.15, 0.2) is 46.9 Å². The van der Waals surface area contributed by atoms with Gasteiger partial charge >= 0.3 is 0 Å². The molecule has 0 bridgehead atoms. The number of rotatable bonds is 5. The Kier molecular flexibility index (Phi) is 5.50. The van der Waals surface area contributed by atoms with E-state index in [4.69, 9.17) is 11.6 Å². The molecule has 0 aliphatic carbocycles. The standard InChI is InChI=1S/C17H19BrClN/c1-12-10-15(18)17(11-16(12)19)20-13(2)8-9-14-6-4-3-5-7-14/h3-7,10-11,13,20H,8-9H2,1-2H3. The quantitative estimate of drug-likeness (QED) is 0.712. The van der Waals surface area contributed by atoms with Gasteiger partial charge in [0.05, 0.1) is 5.69 Å². The molecule has 0 amide bonds. The van der Waals surface area contributed by atoms with E-state index in [1.165, 1.54) is 5.56 Å². The highest BCUT2D eigenvalue weighted by Gasteiger charge is 2.08. The summed E-state index contributed by atoms with van der Waals surface area (Å²) in [6.07, 6.45) is 2.16. The molecule has 2 aromatic rings. The maximum Gasteiger partial charge on any atom is 0.0501 e. The molecule has 0 radical (unpaired) electrons. The van der Waals surface area contributed by atoms with Crippen molar-refractivity contribution in [1.29, 1.82) is 0 Å². The lowest BCUT2D eigenvalue weighted by Crippen LogP contribution is -2.16. The van der Waals surface area contributed by atoms with Crippen LogP contribution < -0.4 is 5.32 Å². The van der Waals surface area contributed by atoms with Crippen molar-refractivity contribution in [1.82, 2.24) is 0 Å². The van der Waals surface area contributed by atoms with Crippen LogP contribution in [0.25, 0.3) is 0 Å². The summed E-state index contributed by atoms with van der Waals surface area (Å²) in [6.45, 7) is 4.21. The molecule has 2 aromatic carbocycles. The molecule has 0 aromatic heterocycles. The van der Waals surface area contributed by atoms with Crippen molar-refractivity contribution in [3.8, 4) is 0 Å². The first-order chi connectivity index (χ1) is 9.56. The van der Waals surface area contributed by atoms with Crippen LogP contribution in [0.1, 0.15) is 24.5 Å². The number of aryl methyl sites for hydroxylation is 2. The Labute approximate surface area is 134 Å². The molecule has 20 heavy (non-hydrogen) atoms. The maximum absolute atomic E-state index is 6.18. The van der Waals surface area contributed by atoms with Gasteiger partial charge in [0.1, 0.15) is 0 Å². The summed E-state index contributed by atoms with van der Waals surface area (Å²) in [7, 11) is 0. The zero-order valence-electron chi connectivity index (χ0n) is 11.8. The predicted octanol–water partition coefficient (Wildman–Crippen LogP) is 5.84. The van der Waals surface area contributed by atoms with Gasteiger partial charge in [-0.05, 0) is 65.9 Å². The van der Waals surface area contributed by atoms with E-state index in [0.717, 1.165) is 33.6 Å². The molecule has 0 aliphatic rings. The van der Waals surface area contributed by atoms with E-state index >= 15 is 0 Å². The molecular formula is C17H19BrClN. The number of hydrogen-bond acceptors (Lipinski definition) is 1. The summed E-state index contributed by atoms with van der Waals surface area (Å²) in [4.78, 5) is 0. The van der Waals surface area contributed by atoms with Gasteiger partial charge in [-0.1, -0.05) is 41.9 Å². The van der Waals surface area contributed by atoms with Crippen molar-refractivity contribution in [3.63, 3.8) is 0 Å². The minimum Gasteiger partial charge on any atom is -0.382 e. The normalized spacial score (nSPS) is 12.2. The molecule has 0 heterocycles. The van der Waals surface area contributed by atoms with Crippen LogP contribution in [0.5, 0.6) is 0 Å². The molecule has 3 heteroatoms. The average Bonchev–Trinajstić information content (AvgIpc) is 2.44. The Morgan fingerprint density at radius 2 is 1.90 bits per heavy atom. The molecule has 2 rings (SSSR count). The number of benzene rings is 2. The average molecular weight is 353 g/mol. The van der Waals surface area contributed by atoms with Gasteiger partial charge in [0.25, 0.3) is 0 Å². The Morgan fingerprint density at radius 1 is 1.20 bits per heavy atom. The third-order valence-corrected chi connectivity index (χ3v) is 4.42. The lowest BCUT2D eigenvalue weighted by Gasteiger charge is -2.17. The second-order valence-electron chi connectivity index (χ2n) is 5.15. The lowest BCUT2D eigenvalue weighted by atomic mass is 10.1. The SMILES string of the molecule is Cc1cc(Br)c(NC(C)CCc2ccccc2)cc1Cl. The van der Waals surface area contributed by atoms with Crippen LogP contribution in [0, 0.1) is 6.92 Å². The van der Waals surface area contributed by atoms with Gasteiger partial charge in [-0.25, -0.2) is 0 Å². The highest BCUT2D eigenvalue weighted by Crippen LogP contribution is 2.29. The van der Waals surface area contributed by atoms with Gasteiger partial charge in [-0.2, -0.15) is 0 Å². The zero-order valence-corrected chi connectivity index (χ0v) is 14.1. The second kappa shape index (κ2) is 7.14. The molecule has 0 fully saturated rings. The number of nitrogens with one attached hydrogen (secondary N) is 1. The van der Waals surface area contributed by atoms with Crippen LogP contribution in [0.3, 0.4) is 0 Å². The minimum atomic E-state index is 0.394. The monoisotopic (exact) mass is 351 g/mol. The van der Waals surface area contributed by atoms with E-state index in [0.29, 0.717) is 6.04 Å². The number of anilines is 1. The molecule has 1 atom stereocenters. The molecule has 1 nitrogen and oxygen atoms in total. The largest absolute Gasteiger partial charge is 0.382 e. The van der Waals surface area contributed by atoms with Crippen LogP contribution in [-0.2, 0) is 6.42 Å². The second-order valence-corrected chi connectivity index (χ2v) is 6.41. The van der Waals surface area contributed by atoms with Gasteiger partial charge in [0.15, 0.2) is 0 Å². The zero-order chi connectivity index (χ0) is 14.5. The Balaban J connectivity index is 1.95. The Morgan fingerprint density at radius 3 is 2.60 bits per heavy atom. The first-order valence-electron chi connectivity index (χ1n) is 6.82. The first kappa shape index (κ1) is 15.4. The molecule has 106 valence electrons. The van der Waals surface area contributed by atoms with Crippen molar-refractivity contribution in [2.24, 2.45) is 0 Å². The van der Waals surface area contributed by atoms with E-state index < -0.39 is 0 Å². The van der Waals surface area contributed by atoms with Crippen molar-refractivity contribution in [3.05, 3.63) is 63.1 Å².